The molecule has 0 saturated heterocycles. The molecule has 0 aliphatic carbocycles. The molecule has 0 aliphatic heterocycles. The van der Waals surface area contributed by atoms with Gasteiger partial charge in [0.1, 0.15) is 5.82 Å². The van der Waals surface area contributed by atoms with Crippen LogP contribution >= 0.6 is 0 Å². The van der Waals surface area contributed by atoms with Crippen LogP contribution in [-0.4, -0.2) is 35.1 Å². The van der Waals surface area contributed by atoms with Crippen molar-refractivity contribution in [2.24, 2.45) is 0 Å². The van der Waals surface area contributed by atoms with Crippen molar-refractivity contribution in [1.29, 1.82) is 0 Å². The number of aromatic nitrogens is 2. The Kier molecular flexibility index (Phi) is 5.05. The van der Waals surface area contributed by atoms with Gasteiger partial charge in [0.05, 0.1) is 16.6 Å². The zero-order valence-electron chi connectivity index (χ0n) is 15.1. The molecular weight excluding hydrogens is 339 g/mol. The van der Waals surface area contributed by atoms with Gasteiger partial charge in [0.2, 0.25) is 0 Å². The van der Waals surface area contributed by atoms with Crippen molar-refractivity contribution < 1.29 is 13.2 Å². The van der Waals surface area contributed by atoms with Crippen molar-refractivity contribution in [2.75, 3.05) is 20.6 Å². The Morgan fingerprint density at radius 2 is 1.81 bits per heavy atom. The predicted molar refractivity (Wildman–Crippen MR) is 98.1 cm³/mol. The molecule has 0 amide bonds. The minimum Gasteiger partial charge on any atom is -0.324 e. The summed E-state index contributed by atoms with van der Waals surface area (Å²) in [7, 11) is 4.01. The molecule has 3 nitrogen and oxygen atoms in total. The molecule has 3 aromatic rings. The van der Waals surface area contributed by atoms with Crippen molar-refractivity contribution in [3.05, 3.63) is 53.6 Å². The van der Waals surface area contributed by atoms with Gasteiger partial charge in [-0.05, 0) is 57.7 Å². The standard InChI is InChI=1S/C20H22F3N3/c1-14-7-4-5-8-16(14)19-24-17-13-15(20(21,22)23)9-10-18(17)26(19)12-6-11-25(2)3/h4-5,7-10,13H,6,11-12H2,1-3H3. The molecule has 1 heterocycles. The molecule has 0 unspecified atom stereocenters. The number of rotatable bonds is 5. The van der Waals surface area contributed by atoms with Crippen LogP contribution in [0.1, 0.15) is 17.5 Å². The number of nitrogens with zero attached hydrogens (tertiary/aromatic N) is 3. The van der Waals surface area contributed by atoms with E-state index in [1.165, 1.54) is 6.07 Å². The molecule has 0 fully saturated rings. The van der Waals surface area contributed by atoms with Crippen LogP contribution in [0.25, 0.3) is 22.4 Å². The zero-order chi connectivity index (χ0) is 18.9. The molecule has 138 valence electrons. The van der Waals surface area contributed by atoms with Gasteiger partial charge in [-0.3, -0.25) is 0 Å². The van der Waals surface area contributed by atoms with Crippen molar-refractivity contribution in [3.8, 4) is 11.4 Å². The number of benzene rings is 2. The maximum Gasteiger partial charge on any atom is 0.416 e. The SMILES string of the molecule is Cc1ccccc1-c1nc2cc(C(F)(F)F)ccc2n1CCCN(C)C. The molecule has 2 aromatic carbocycles. The third kappa shape index (κ3) is 3.75. The van der Waals surface area contributed by atoms with Gasteiger partial charge in [-0.25, -0.2) is 4.98 Å². The van der Waals surface area contributed by atoms with E-state index in [4.69, 9.17) is 0 Å². The smallest absolute Gasteiger partial charge is 0.324 e. The van der Waals surface area contributed by atoms with Gasteiger partial charge in [0.25, 0.3) is 0 Å². The molecule has 0 spiro atoms. The quantitative estimate of drug-likeness (QED) is 0.639. The van der Waals surface area contributed by atoms with E-state index in [1.54, 1.807) is 0 Å². The number of hydrogen-bond acceptors (Lipinski definition) is 2. The van der Waals surface area contributed by atoms with E-state index in [0.29, 0.717) is 12.1 Å². The lowest BCUT2D eigenvalue weighted by molar-refractivity contribution is -0.137. The largest absolute Gasteiger partial charge is 0.416 e. The normalized spacial score (nSPS) is 12.3. The Labute approximate surface area is 151 Å². The zero-order valence-corrected chi connectivity index (χ0v) is 15.1. The Bertz CT molecular complexity index is 910. The highest BCUT2D eigenvalue weighted by Crippen LogP contribution is 2.33. The number of aryl methyl sites for hydroxylation is 2. The Balaban J connectivity index is 2.13. The fraction of sp³-hybridized carbons (Fsp3) is 0.350. The predicted octanol–water partition coefficient (Wildman–Crippen LogP) is 4.98. The minimum atomic E-state index is -4.37. The first-order valence-corrected chi connectivity index (χ1v) is 8.55. The van der Waals surface area contributed by atoms with Crippen LogP contribution in [0.2, 0.25) is 0 Å². The summed E-state index contributed by atoms with van der Waals surface area (Å²) in [5.41, 5.74) is 2.44. The second kappa shape index (κ2) is 7.11. The van der Waals surface area contributed by atoms with E-state index in [9.17, 15) is 13.2 Å². The average molecular weight is 361 g/mol. The average Bonchev–Trinajstić information content (AvgIpc) is 2.92. The summed E-state index contributed by atoms with van der Waals surface area (Å²) in [5.74, 6) is 0.719. The maximum absolute atomic E-state index is 13.1. The van der Waals surface area contributed by atoms with Crippen LogP contribution in [0.15, 0.2) is 42.5 Å². The van der Waals surface area contributed by atoms with E-state index in [0.717, 1.165) is 47.6 Å². The van der Waals surface area contributed by atoms with Gasteiger partial charge in [-0.2, -0.15) is 13.2 Å². The van der Waals surface area contributed by atoms with E-state index in [2.05, 4.69) is 9.88 Å². The summed E-state index contributed by atoms with van der Waals surface area (Å²) >= 11 is 0. The summed E-state index contributed by atoms with van der Waals surface area (Å²) in [4.78, 5) is 6.66. The van der Waals surface area contributed by atoms with Crippen LogP contribution in [-0.2, 0) is 12.7 Å². The maximum atomic E-state index is 13.1. The Morgan fingerprint density at radius 1 is 1.08 bits per heavy atom. The minimum absolute atomic E-state index is 0.378. The summed E-state index contributed by atoms with van der Waals surface area (Å²) in [6.07, 6.45) is -3.48. The summed E-state index contributed by atoms with van der Waals surface area (Å²) in [6.45, 7) is 3.58. The molecule has 0 aliphatic rings. The van der Waals surface area contributed by atoms with Crippen LogP contribution in [0.4, 0.5) is 13.2 Å². The second-order valence-corrected chi connectivity index (χ2v) is 6.76. The lowest BCUT2D eigenvalue weighted by Crippen LogP contribution is -2.15. The Hall–Kier alpha value is -2.34. The lowest BCUT2D eigenvalue weighted by atomic mass is 10.1. The highest BCUT2D eigenvalue weighted by atomic mass is 19.4. The number of hydrogen-bond donors (Lipinski definition) is 0. The molecule has 0 radical (unpaired) electrons. The summed E-state index contributed by atoms with van der Waals surface area (Å²) in [5, 5.41) is 0. The highest BCUT2D eigenvalue weighted by Gasteiger charge is 2.31. The number of imidazole rings is 1. The summed E-state index contributed by atoms with van der Waals surface area (Å²) < 4.78 is 41.2. The van der Waals surface area contributed by atoms with Gasteiger partial charge in [0.15, 0.2) is 0 Å². The van der Waals surface area contributed by atoms with Crippen molar-refractivity contribution in [2.45, 2.75) is 26.1 Å². The molecule has 0 saturated carbocycles. The second-order valence-electron chi connectivity index (χ2n) is 6.76. The van der Waals surface area contributed by atoms with Crippen LogP contribution in [0.5, 0.6) is 0 Å². The molecular formula is C20H22F3N3. The molecule has 1 aromatic heterocycles. The van der Waals surface area contributed by atoms with E-state index < -0.39 is 11.7 Å². The first-order chi connectivity index (χ1) is 12.3. The van der Waals surface area contributed by atoms with Gasteiger partial charge in [0, 0.05) is 12.1 Å². The molecule has 6 heteroatoms. The number of alkyl halides is 3. The first-order valence-electron chi connectivity index (χ1n) is 8.55. The molecule has 26 heavy (non-hydrogen) atoms. The Morgan fingerprint density at radius 3 is 2.46 bits per heavy atom. The fourth-order valence-electron chi connectivity index (χ4n) is 3.11. The highest BCUT2D eigenvalue weighted by molar-refractivity contribution is 5.82. The molecule has 0 bridgehead atoms. The third-order valence-electron chi connectivity index (χ3n) is 4.45. The number of fused-ring (bicyclic) bond motifs is 1. The topological polar surface area (TPSA) is 21.1 Å². The van der Waals surface area contributed by atoms with Crippen LogP contribution in [0, 0.1) is 6.92 Å². The van der Waals surface area contributed by atoms with Crippen molar-refractivity contribution >= 4 is 11.0 Å². The first kappa shape index (κ1) is 18.5. The third-order valence-corrected chi connectivity index (χ3v) is 4.45. The lowest BCUT2D eigenvalue weighted by Gasteiger charge is -2.13. The van der Waals surface area contributed by atoms with Crippen LogP contribution < -0.4 is 0 Å². The molecule has 0 atom stereocenters. The van der Waals surface area contributed by atoms with Crippen LogP contribution in [0.3, 0.4) is 0 Å². The van der Waals surface area contributed by atoms with E-state index >= 15 is 0 Å². The van der Waals surface area contributed by atoms with E-state index in [-0.39, 0.29) is 0 Å². The van der Waals surface area contributed by atoms with Gasteiger partial charge < -0.3 is 9.47 Å². The van der Waals surface area contributed by atoms with Crippen molar-refractivity contribution in [3.63, 3.8) is 0 Å². The molecule has 0 N–H and O–H groups in total. The van der Waals surface area contributed by atoms with E-state index in [1.807, 2.05) is 49.9 Å². The molecule has 3 rings (SSSR count). The number of halogens is 3. The van der Waals surface area contributed by atoms with Gasteiger partial charge in [-0.1, -0.05) is 24.3 Å². The van der Waals surface area contributed by atoms with Gasteiger partial charge in [-0.15, -0.1) is 0 Å². The van der Waals surface area contributed by atoms with Gasteiger partial charge >= 0.3 is 6.18 Å². The van der Waals surface area contributed by atoms with Crippen molar-refractivity contribution in [1.82, 2.24) is 14.5 Å². The monoisotopic (exact) mass is 361 g/mol. The fourth-order valence-corrected chi connectivity index (χ4v) is 3.11. The summed E-state index contributed by atoms with van der Waals surface area (Å²) in [6, 6.07) is 11.6.